The lowest BCUT2D eigenvalue weighted by molar-refractivity contribution is 0.0693. The van der Waals surface area contributed by atoms with Gasteiger partial charge in [0.1, 0.15) is 11.3 Å². The number of hydrogen-bond acceptors (Lipinski definition) is 5. The number of nitrogens with one attached hydrogen (secondary N) is 2. The van der Waals surface area contributed by atoms with Crippen molar-refractivity contribution < 1.29 is 14.6 Å². The third kappa shape index (κ3) is 2.48. The van der Waals surface area contributed by atoms with Gasteiger partial charge in [-0.3, -0.25) is 4.99 Å². The zero-order chi connectivity index (χ0) is 13.1. The van der Waals surface area contributed by atoms with E-state index in [0.717, 1.165) is 6.54 Å². The molecule has 1 aromatic carbocycles. The Morgan fingerprint density at radius 3 is 2.94 bits per heavy atom. The van der Waals surface area contributed by atoms with Gasteiger partial charge in [0, 0.05) is 12.6 Å². The van der Waals surface area contributed by atoms with Crippen LogP contribution in [0.4, 0.5) is 5.69 Å². The Balaban J connectivity index is 2.33. The number of guanidine groups is 1. The van der Waals surface area contributed by atoms with Crippen LogP contribution in [0.15, 0.2) is 17.1 Å². The van der Waals surface area contributed by atoms with Gasteiger partial charge in [-0.25, -0.2) is 4.79 Å². The molecule has 18 heavy (non-hydrogen) atoms. The normalized spacial score (nSPS) is 13.8. The topological polar surface area (TPSA) is 83.0 Å². The van der Waals surface area contributed by atoms with Crippen molar-refractivity contribution >= 4 is 29.2 Å². The van der Waals surface area contributed by atoms with Gasteiger partial charge < -0.3 is 20.5 Å². The van der Waals surface area contributed by atoms with Crippen molar-refractivity contribution in [1.29, 1.82) is 0 Å². The summed E-state index contributed by atoms with van der Waals surface area (Å²) in [4.78, 5) is 15.2. The molecule has 0 unspecified atom stereocenters. The van der Waals surface area contributed by atoms with Gasteiger partial charge in [0.2, 0.25) is 0 Å². The van der Waals surface area contributed by atoms with Gasteiger partial charge in [0.25, 0.3) is 0 Å². The minimum atomic E-state index is -1.09. The highest BCUT2D eigenvalue weighted by molar-refractivity contribution is 6.34. The number of halogens is 1. The van der Waals surface area contributed by atoms with E-state index in [1.807, 2.05) is 0 Å². The molecule has 0 radical (unpaired) electrons. The van der Waals surface area contributed by atoms with Gasteiger partial charge in [-0.1, -0.05) is 11.6 Å². The van der Waals surface area contributed by atoms with Crippen molar-refractivity contribution in [2.24, 2.45) is 4.99 Å². The number of carboxylic acids is 1. The van der Waals surface area contributed by atoms with E-state index in [1.54, 1.807) is 0 Å². The maximum Gasteiger partial charge on any atom is 0.339 e. The van der Waals surface area contributed by atoms with Crippen LogP contribution in [0.5, 0.6) is 5.75 Å². The third-order valence-corrected chi connectivity index (χ3v) is 2.76. The molecule has 0 aliphatic carbocycles. The van der Waals surface area contributed by atoms with E-state index in [1.165, 1.54) is 19.2 Å². The third-order valence-electron chi connectivity index (χ3n) is 2.45. The Kier molecular flexibility index (Phi) is 3.57. The summed E-state index contributed by atoms with van der Waals surface area (Å²) >= 11 is 6.02. The molecule has 7 heteroatoms. The lowest BCUT2D eigenvalue weighted by atomic mass is 10.2. The number of anilines is 1. The fraction of sp³-hybridized carbons (Fsp3) is 0.273. The smallest absolute Gasteiger partial charge is 0.339 e. The molecule has 0 bridgehead atoms. The molecule has 1 heterocycles. The van der Waals surface area contributed by atoms with Crippen LogP contribution in [0, 0.1) is 0 Å². The van der Waals surface area contributed by atoms with E-state index in [9.17, 15) is 4.79 Å². The fourth-order valence-electron chi connectivity index (χ4n) is 1.59. The molecule has 0 fully saturated rings. The Morgan fingerprint density at radius 2 is 2.39 bits per heavy atom. The Morgan fingerprint density at radius 1 is 1.61 bits per heavy atom. The maximum atomic E-state index is 11.0. The number of aromatic carboxylic acids is 1. The molecule has 1 aliphatic heterocycles. The summed E-state index contributed by atoms with van der Waals surface area (Å²) in [7, 11) is 1.41. The number of carboxylic acid groups (broad SMARTS) is 1. The highest BCUT2D eigenvalue weighted by Crippen LogP contribution is 2.31. The summed E-state index contributed by atoms with van der Waals surface area (Å²) in [5.41, 5.74) is 0.570. The number of hydrogen-bond donors (Lipinski definition) is 3. The predicted octanol–water partition coefficient (Wildman–Crippen LogP) is 1.42. The van der Waals surface area contributed by atoms with Crippen molar-refractivity contribution in [3.8, 4) is 5.75 Å². The first kappa shape index (κ1) is 12.5. The molecule has 3 N–H and O–H groups in total. The lowest BCUT2D eigenvalue weighted by Gasteiger charge is -2.12. The van der Waals surface area contributed by atoms with E-state index >= 15 is 0 Å². The number of ether oxygens (including phenoxy) is 1. The lowest BCUT2D eigenvalue weighted by Crippen LogP contribution is -2.26. The second-order valence-electron chi connectivity index (χ2n) is 3.62. The number of carbonyl (C=O) groups is 1. The van der Waals surface area contributed by atoms with Crippen molar-refractivity contribution in [2.45, 2.75) is 0 Å². The standard InChI is InChI=1S/C11H12ClN3O3/c1-18-9-5-8(15-11-13-2-3-14-11)7(12)4-6(9)10(16)17/h4-5H,2-3H2,1H3,(H,16,17)(H2,13,14,15). The zero-order valence-electron chi connectivity index (χ0n) is 9.66. The summed E-state index contributed by atoms with van der Waals surface area (Å²) in [5.74, 6) is -0.230. The van der Waals surface area contributed by atoms with Gasteiger partial charge in [-0.05, 0) is 6.07 Å². The molecular formula is C11H12ClN3O3. The van der Waals surface area contributed by atoms with Gasteiger partial charge >= 0.3 is 5.97 Å². The number of aliphatic imine (C=N–C) groups is 1. The molecule has 0 atom stereocenters. The fourth-order valence-corrected chi connectivity index (χ4v) is 1.81. The number of benzene rings is 1. The largest absolute Gasteiger partial charge is 0.496 e. The van der Waals surface area contributed by atoms with Crippen LogP contribution in [0.25, 0.3) is 0 Å². The molecular weight excluding hydrogens is 258 g/mol. The SMILES string of the molecule is COc1cc(NC2=NCCN2)c(Cl)cc1C(=O)O. The number of methoxy groups -OCH3 is 1. The molecule has 0 saturated carbocycles. The average molecular weight is 270 g/mol. The maximum absolute atomic E-state index is 11.0. The average Bonchev–Trinajstić information content (AvgIpc) is 2.83. The van der Waals surface area contributed by atoms with E-state index in [2.05, 4.69) is 15.6 Å². The van der Waals surface area contributed by atoms with Crippen LogP contribution in [-0.2, 0) is 0 Å². The molecule has 0 spiro atoms. The van der Waals surface area contributed by atoms with Crippen LogP contribution in [0.2, 0.25) is 5.02 Å². The second-order valence-corrected chi connectivity index (χ2v) is 4.03. The molecule has 0 amide bonds. The monoisotopic (exact) mass is 269 g/mol. The highest BCUT2D eigenvalue weighted by atomic mass is 35.5. The molecule has 6 nitrogen and oxygen atoms in total. The van der Waals surface area contributed by atoms with Crippen LogP contribution in [0.3, 0.4) is 0 Å². The number of nitrogens with zero attached hydrogens (tertiary/aromatic N) is 1. The minimum Gasteiger partial charge on any atom is -0.496 e. The molecule has 0 aromatic heterocycles. The van der Waals surface area contributed by atoms with E-state index < -0.39 is 5.97 Å². The molecule has 0 saturated heterocycles. The number of rotatable bonds is 3. The summed E-state index contributed by atoms with van der Waals surface area (Å²) in [6.45, 7) is 1.47. The van der Waals surface area contributed by atoms with Crippen LogP contribution >= 0.6 is 11.6 Å². The summed E-state index contributed by atoms with van der Waals surface area (Å²) in [6, 6.07) is 2.88. The van der Waals surface area contributed by atoms with Crippen LogP contribution in [-0.4, -0.2) is 37.2 Å². The van der Waals surface area contributed by atoms with Crippen LogP contribution < -0.4 is 15.4 Å². The minimum absolute atomic E-state index is 0.0226. The zero-order valence-corrected chi connectivity index (χ0v) is 10.4. The first-order valence-electron chi connectivity index (χ1n) is 5.28. The second kappa shape index (κ2) is 5.14. The van der Waals surface area contributed by atoms with Crippen LogP contribution in [0.1, 0.15) is 10.4 Å². The summed E-state index contributed by atoms with van der Waals surface area (Å²) in [6.07, 6.45) is 0. The molecule has 96 valence electrons. The van der Waals surface area contributed by atoms with E-state index in [0.29, 0.717) is 23.2 Å². The van der Waals surface area contributed by atoms with Gasteiger partial charge in [0.15, 0.2) is 5.96 Å². The molecule has 2 rings (SSSR count). The van der Waals surface area contributed by atoms with Gasteiger partial charge in [-0.2, -0.15) is 0 Å². The molecule has 1 aromatic rings. The van der Waals surface area contributed by atoms with E-state index in [-0.39, 0.29) is 11.3 Å². The van der Waals surface area contributed by atoms with Crippen molar-refractivity contribution in [1.82, 2.24) is 5.32 Å². The van der Waals surface area contributed by atoms with Crippen molar-refractivity contribution in [3.63, 3.8) is 0 Å². The Labute approximate surface area is 109 Å². The quantitative estimate of drug-likeness (QED) is 0.773. The van der Waals surface area contributed by atoms with E-state index in [4.69, 9.17) is 21.4 Å². The summed E-state index contributed by atoms with van der Waals surface area (Å²) in [5, 5.41) is 15.3. The van der Waals surface area contributed by atoms with Crippen molar-refractivity contribution in [3.05, 3.63) is 22.7 Å². The van der Waals surface area contributed by atoms with Gasteiger partial charge in [-0.15, -0.1) is 0 Å². The van der Waals surface area contributed by atoms with Gasteiger partial charge in [0.05, 0.1) is 24.4 Å². The highest BCUT2D eigenvalue weighted by Gasteiger charge is 2.16. The summed E-state index contributed by atoms with van der Waals surface area (Å²) < 4.78 is 5.03. The predicted molar refractivity (Wildman–Crippen MR) is 68.9 cm³/mol. The Bertz CT molecular complexity index is 517. The first-order valence-corrected chi connectivity index (χ1v) is 5.66. The Hall–Kier alpha value is -1.95. The first-order chi connectivity index (χ1) is 8.61. The van der Waals surface area contributed by atoms with Crippen molar-refractivity contribution in [2.75, 3.05) is 25.5 Å². The molecule has 1 aliphatic rings.